The van der Waals surface area contributed by atoms with E-state index in [1.54, 1.807) is 18.2 Å². The number of para-hydroxylation sites is 1. The van der Waals surface area contributed by atoms with E-state index >= 15 is 0 Å². The minimum Gasteiger partial charge on any atom is -0.450 e. The molecule has 0 aliphatic heterocycles. The molecule has 0 amide bonds. The molecular weight excluding hydrogens is 289 g/mol. The lowest BCUT2D eigenvalue weighted by Crippen LogP contribution is -1.97. The quantitative estimate of drug-likeness (QED) is 0.690. The third-order valence-electron chi connectivity index (χ3n) is 2.56. The number of halogens is 2. The van der Waals surface area contributed by atoms with Crippen molar-refractivity contribution in [3.05, 3.63) is 62.9 Å². The molecule has 2 aromatic rings. The monoisotopic (exact) mass is 297 g/mol. The zero-order chi connectivity index (χ0) is 14.7. The number of nitrogens with zero attached hydrogens (tertiary/aromatic N) is 1. The largest absolute Gasteiger partial charge is 0.450 e. The van der Waals surface area contributed by atoms with E-state index in [1.807, 2.05) is 0 Å². The maximum Gasteiger partial charge on any atom is 0.313 e. The number of hydrogen-bond acceptors (Lipinski definition) is 4. The molecule has 0 aromatic heterocycles. The molecular formula is C13H9ClFNO4. The van der Waals surface area contributed by atoms with Crippen LogP contribution < -0.4 is 4.74 Å². The lowest BCUT2D eigenvalue weighted by atomic mass is 10.2. The Morgan fingerprint density at radius 1 is 1.30 bits per heavy atom. The van der Waals surface area contributed by atoms with E-state index < -0.39 is 16.4 Å². The average Bonchev–Trinajstić information content (AvgIpc) is 2.43. The van der Waals surface area contributed by atoms with Crippen LogP contribution in [0.5, 0.6) is 11.5 Å². The summed E-state index contributed by atoms with van der Waals surface area (Å²) in [6.07, 6.45) is 0. The first-order valence-electron chi connectivity index (χ1n) is 5.53. The van der Waals surface area contributed by atoms with E-state index in [0.29, 0.717) is 5.56 Å². The summed E-state index contributed by atoms with van der Waals surface area (Å²) < 4.78 is 18.8. The molecule has 0 spiro atoms. The second-order valence-corrected chi connectivity index (χ2v) is 4.27. The summed E-state index contributed by atoms with van der Waals surface area (Å²) >= 11 is 5.52. The Balaban J connectivity index is 2.47. The molecule has 0 atom stereocenters. The maximum atomic E-state index is 13.4. The van der Waals surface area contributed by atoms with Crippen molar-refractivity contribution in [2.24, 2.45) is 0 Å². The first kappa shape index (κ1) is 14.2. The molecule has 0 heterocycles. The molecule has 5 nitrogen and oxygen atoms in total. The average molecular weight is 298 g/mol. The molecule has 0 aliphatic rings. The minimum atomic E-state index is -0.825. The van der Waals surface area contributed by atoms with Gasteiger partial charge < -0.3 is 9.84 Å². The van der Waals surface area contributed by atoms with Crippen LogP contribution in [0, 0.1) is 15.9 Å². The molecule has 0 aliphatic carbocycles. The summed E-state index contributed by atoms with van der Waals surface area (Å²) in [6.45, 7) is -0.306. The summed E-state index contributed by atoms with van der Waals surface area (Å²) in [5, 5.41) is 19.7. The number of benzene rings is 2. The lowest BCUT2D eigenvalue weighted by Gasteiger charge is -2.10. The van der Waals surface area contributed by atoms with Gasteiger partial charge in [0.2, 0.25) is 5.75 Å². The van der Waals surface area contributed by atoms with Gasteiger partial charge >= 0.3 is 5.69 Å². The highest BCUT2D eigenvalue weighted by atomic mass is 35.5. The van der Waals surface area contributed by atoms with Gasteiger partial charge in [-0.3, -0.25) is 10.1 Å². The number of hydrogen-bond donors (Lipinski definition) is 1. The van der Waals surface area contributed by atoms with Gasteiger partial charge in [0.15, 0.2) is 0 Å². The smallest absolute Gasteiger partial charge is 0.313 e. The molecule has 0 fully saturated rings. The highest BCUT2D eigenvalue weighted by Crippen LogP contribution is 2.36. The van der Waals surface area contributed by atoms with Crippen LogP contribution in [-0.2, 0) is 6.61 Å². The van der Waals surface area contributed by atoms with Crippen molar-refractivity contribution in [2.75, 3.05) is 0 Å². The summed E-state index contributed by atoms with van der Waals surface area (Å²) in [6, 6.07) is 8.14. The van der Waals surface area contributed by atoms with Crippen molar-refractivity contribution in [3.63, 3.8) is 0 Å². The zero-order valence-electron chi connectivity index (χ0n) is 10.0. The van der Waals surface area contributed by atoms with Crippen LogP contribution in [0.2, 0.25) is 5.02 Å². The molecule has 1 N–H and O–H groups in total. The van der Waals surface area contributed by atoms with Crippen LogP contribution >= 0.6 is 11.6 Å². The molecule has 2 rings (SSSR count). The standard InChI is InChI=1S/C13H9ClFNO4/c14-9-5-11(16(18)19)13(6-10(9)15)20-12-4-2-1-3-8(12)7-17/h1-6,17H,7H2. The topological polar surface area (TPSA) is 72.6 Å². The highest BCUT2D eigenvalue weighted by molar-refractivity contribution is 6.31. The summed E-state index contributed by atoms with van der Waals surface area (Å²) in [5.41, 5.74) is -0.0266. The number of rotatable bonds is 4. The van der Waals surface area contributed by atoms with Crippen molar-refractivity contribution >= 4 is 17.3 Å². The van der Waals surface area contributed by atoms with Crippen LogP contribution in [0.4, 0.5) is 10.1 Å². The van der Waals surface area contributed by atoms with Crippen LogP contribution in [0.15, 0.2) is 36.4 Å². The summed E-state index contributed by atoms with van der Waals surface area (Å²) in [5.74, 6) is -0.897. The van der Waals surface area contributed by atoms with Gasteiger partial charge in [-0.25, -0.2) is 4.39 Å². The number of ether oxygens (including phenoxy) is 1. The Hall–Kier alpha value is -2.18. The normalized spacial score (nSPS) is 10.3. The van der Waals surface area contributed by atoms with Crippen molar-refractivity contribution in [2.45, 2.75) is 6.61 Å². The molecule has 20 heavy (non-hydrogen) atoms. The Kier molecular flexibility index (Phi) is 4.16. The lowest BCUT2D eigenvalue weighted by molar-refractivity contribution is -0.385. The fourth-order valence-corrected chi connectivity index (χ4v) is 1.75. The summed E-state index contributed by atoms with van der Waals surface area (Å²) in [4.78, 5) is 10.2. The molecule has 0 saturated carbocycles. The van der Waals surface area contributed by atoms with Gasteiger partial charge in [0.1, 0.15) is 11.6 Å². The highest BCUT2D eigenvalue weighted by Gasteiger charge is 2.20. The first-order valence-corrected chi connectivity index (χ1v) is 5.90. The zero-order valence-corrected chi connectivity index (χ0v) is 10.8. The van der Waals surface area contributed by atoms with E-state index in [4.69, 9.17) is 21.4 Å². The van der Waals surface area contributed by atoms with Crippen LogP contribution in [0.25, 0.3) is 0 Å². The third kappa shape index (κ3) is 2.87. The van der Waals surface area contributed by atoms with Gasteiger partial charge in [-0.05, 0) is 6.07 Å². The van der Waals surface area contributed by atoms with E-state index in [2.05, 4.69) is 0 Å². The van der Waals surface area contributed by atoms with Gasteiger partial charge in [-0.1, -0.05) is 29.8 Å². The number of aliphatic hydroxyl groups excluding tert-OH is 1. The van der Waals surface area contributed by atoms with Crippen LogP contribution in [0.3, 0.4) is 0 Å². The van der Waals surface area contributed by atoms with E-state index in [0.717, 1.165) is 12.1 Å². The number of nitro groups is 1. The van der Waals surface area contributed by atoms with E-state index in [1.165, 1.54) is 6.07 Å². The molecule has 7 heteroatoms. The number of nitro benzene ring substituents is 1. The fourth-order valence-electron chi connectivity index (χ4n) is 1.59. The third-order valence-corrected chi connectivity index (χ3v) is 2.85. The molecule has 0 unspecified atom stereocenters. The molecule has 2 aromatic carbocycles. The van der Waals surface area contributed by atoms with Gasteiger partial charge in [0, 0.05) is 17.7 Å². The molecule has 104 valence electrons. The number of aliphatic hydroxyl groups is 1. The van der Waals surface area contributed by atoms with Gasteiger partial charge in [0.05, 0.1) is 16.6 Å². The first-order chi connectivity index (χ1) is 9.52. The van der Waals surface area contributed by atoms with E-state index in [9.17, 15) is 14.5 Å². The SMILES string of the molecule is O=[N+]([O-])c1cc(Cl)c(F)cc1Oc1ccccc1CO. The van der Waals surface area contributed by atoms with Crippen molar-refractivity contribution in [1.29, 1.82) is 0 Å². The predicted octanol–water partition coefficient (Wildman–Crippen LogP) is 3.67. The van der Waals surface area contributed by atoms with Crippen molar-refractivity contribution in [1.82, 2.24) is 0 Å². The van der Waals surface area contributed by atoms with Crippen LogP contribution in [0.1, 0.15) is 5.56 Å². The van der Waals surface area contributed by atoms with Crippen molar-refractivity contribution < 1.29 is 19.2 Å². The second-order valence-electron chi connectivity index (χ2n) is 3.86. The van der Waals surface area contributed by atoms with Crippen LogP contribution in [-0.4, -0.2) is 10.0 Å². The Morgan fingerprint density at radius 2 is 2.00 bits per heavy atom. The van der Waals surface area contributed by atoms with Crippen molar-refractivity contribution in [3.8, 4) is 11.5 Å². The Bertz CT molecular complexity index is 663. The molecule has 0 radical (unpaired) electrons. The minimum absolute atomic E-state index is 0.208. The fraction of sp³-hybridized carbons (Fsp3) is 0.0769. The molecule has 0 bridgehead atoms. The molecule has 0 saturated heterocycles. The predicted molar refractivity (Wildman–Crippen MR) is 70.5 cm³/mol. The van der Waals surface area contributed by atoms with Gasteiger partial charge in [-0.15, -0.1) is 0 Å². The maximum absolute atomic E-state index is 13.4. The van der Waals surface area contributed by atoms with Gasteiger partial charge in [0.25, 0.3) is 0 Å². The summed E-state index contributed by atoms with van der Waals surface area (Å²) in [7, 11) is 0. The van der Waals surface area contributed by atoms with E-state index in [-0.39, 0.29) is 23.1 Å². The second kappa shape index (κ2) is 5.85. The Morgan fingerprint density at radius 3 is 2.65 bits per heavy atom. The Labute approximate surface area is 118 Å². The van der Waals surface area contributed by atoms with Gasteiger partial charge in [-0.2, -0.15) is 0 Å².